The first-order valence-corrected chi connectivity index (χ1v) is 12.5. The number of amides is 4. The fourth-order valence-corrected chi connectivity index (χ4v) is 3.31. The molecule has 0 heterocycles. The fourth-order valence-electron chi connectivity index (χ4n) is 3.31. The largest absolute Gasteiger partial charge is 0.461 e. The lowest BCUT2D eigenvalue weighted by Crippen LogP contribution is -2.53. The monoisotopic (exact) mass is 534 g/mol. The van der Waals surface area contributed by atoms with Gasteiger partial charge in [0.15, 0.2) is 0 Å². The summed E-state index contributed by atoms with van der Waals surface area (Å²) in [7, 11) is 0. The van der Waals surface area contributed by atoms with Crippen LogP contribution in [0.3, 0.4) is 0 Å². The van der Waals surface area contributed by atoms with E-state index in [0.717, 1.165) is 5.56 Å². The third-order valence-corrected chi connectivity index (χ3v) is 5.47. The van der Waals surface area contributed by atoms with E-state index in [1.807, 2.05) is 30.3 Å². The van der Waals surface area contributed by atoms with Crippen molar-refractivity contribution in [3.8, 4) is 0 Å². The summed E-state index contributed by atoms with van der Waals surface area (Å²) in [6, 6.07) is 6.72. The molecule has 2 rings (SSSR count). The standard InChI is InChI=1S/C26H38N4O8/c1-15(28-24(34)16(2)37-20-13-19(20)30-25(35)38-26(3,4)5)23(33)29-18(22(27)32)11-12-21(31)36-14-17-9-7-6-8-10-17/h6-10,15-16,18-20H,11-14H2,1-5H3,(H2,27,32)(H,28,34)(H,29,33)(H,30,35)/t15-,16-,18?,19+,20+/m0/s1. The van der Waals surface area contributed by atoms with Gasteiger partial charge in [-0.2, -0.15) is 0 Å². The van der Waals surface area contributed by atoms with Crippen molar-refractivity contribution in [1.82, 2.24) is 16.0 Å². The number of nitrogens with two attached hydrogens (primary N) is 1. The van der Waals surface area contributed by atoms with Crippen molar-refractivity contribution in [3.05, 3.63) is 35.9 Å². The number of benzene rings is 1. The molecule has 1 aliphatic rings. The summed E-state index contributed by atoms with van der Waals surface area (Å²) in [6.45, 7) is 8.32. The van der Waals surface area contributed by atoms with E-state index in [4.69, 9.17) is 19.9 Å². The minimum Gasteiger partial charge on any atom is -0.461 e. The van der Waals surface area contributed by atoms with Crippen molar-refractivity contribution in [1.29, 1.82) is 0 Å². The van der Waals surface area contributed by atoms with E-state index >= 15 is 0 Å². The summed E-state index contributed by atoms with van der Waals surface area (Å²) in [5.41, 5.74) is 5.57. The molecule has 1 fully saturated rings. The second kappa shape index (κ2) is 13.8. The van der Waals surface area contributed by atoms with Gasteiger partial charge in [-0.3, -0.25) is 19.2 Å². The van der Waals surface area contributed by atoms with E-state index in [0.29, 0.717) is 6.42 Å². The Morgan fingerprint density at radius 1 is 1.03 bits per heavy atom. The topological polar surface area (TPSA) is 175 Å². The average Bonchev–Trinajstić information content (AvgIpc) is 3.55. The van der Waals surface area contributed by atoms with E-state index in [1.165, 1.54) is 13.8 Å². The van der Waals surface area contributed by atoms with Crippen molar-refractivity contribution in [2.24, 2.45) is 5.73 Å². The smallest absolute Gasteiger partial charge is 0.407 e. The maximum atomic E-state index is 12.5. The van der Waals surface area contributed by atoms with Gasteiger partial charge in [-0.05, 0) is 53.0 Å². The lowest BCUT2D eigenvalue weighted by molar-refractivity contribution is -0.145. The Morgan fingerprint density at radius 3 is 2.29 bits per heavy atom. The van der Waals surface area contributed by atoms with Crippen molar-refractivity contribution >= 4 is 29.8 Å². The molecule has 38 heavy (non-hydrogen) atoms. The van der Waals surface area contributed by atoms with Crippen molar-refractivity contribution in [2.75, 3.05) is 0 Å². The van der Waals surface area contributed by atoms with Gasteiger partial charge in [0, 0.05) is 6.42 Å². The van der Waals surface area contributed by atoms with Crippen LogP contribution in [0.4, 0.5) is 4.79 Å². The zero-order chi connectivity index (χ0) is 28.5. The summed E-state index contributed by atoms with van der Waals surface area (Å²) >= 11 is 0. The number of esters is 1. The normalized spacial score (nSPS) is 18.8. The predicted molar refractivity (Wildman–Crippen MR) is 136 cm³/mol. The van der Waals surface area contributed by atoms with E-state index < -0.39 is 53.6 Å². The van der Waals surface area contributed by atoms with Crippen LogP contribution in [-0.4, -0.2) is 65.7 Å². The van der Waals surface area contributed by atoms with Gasteiger partial charge in [-0.1, -0.05) is 30.3 Å². The third kappa shape index (κ3) is 11.2. The number of carbonyl (C=O) groups excluding carboxylic acids is 5. The zero-order valence-electron chi connectivity index (χ0n) is 22.4. The fraction of sp³-hybridized carbons (Fsp3) is 0.577. The molecule has 0 saturated heterocycles. The van der Waals surface area contributed by atoms with Crippen molar-refractivity contribution < 1.29 is 38.2 Å². The van der Waals surface area contributed by atoms with Gasteiger partial charge in [0.05, 0.1) is 12.1 Å². The zero-order valence-corrected chi connectivity index (χ0v) is 22.4. The molecule has 4 amide bonds. The summed E-state index contributed by atoms with van der Waals surface area (Å²) in [6.07, 6.45) is -1.47. The van der Waals surface area contributed by atoms with Crippen LogP contribution in [0.2, 0.25) is 0 Å². The number of ether oxygens (including phenoxy) is 3. The maximum absolute atomic E-state index is 12.5. The first-order chi connectivity index (χ1) is 17.7. The van der Waals surface area contributed by atoms with Crippen LogP contribution >= 0.6 is 0 Å². The molecule has 1 aliphatic carbocycles. The molecule has 12 nitrogen and oxygen atoms in total. The molecule has 1 saturated carbocycles. The van der Waals surface area contributed by atoms with Gasteiger partial charge in [-0.25, -0.2) is 4.79 Å². The van der Waals surface area contributed by atoms with Crippen LogP contribution in [-0.2, 0) is 40.0 Å². The summed E-state index contributed by atoms with van der Waals surface area (Å²) in [5.74, 6) is -2.55. The third-order valence-electron chi connectivity index (χ3n) is 5.47. The number of nitrogens with one attached hydrogen (secondary N) is 3. The molecule has 1 aromatic carbocycles. The molecule has 5 atom stereocenters. The van der Waals surface area contributed by atoms with E-state index in [9.17, 15) is 24.0 Å². The molecule has 0 aromatic heterocycles. The lowest BCUT2D eigenvalue weighted by Gasteiger charge is -2.21. The van der Waals surface area contributed by atoms with E-state index in [2.05, 4.69) is 16.0 Å². The number of hydrogen-bond acceptors (Lipinski definition) is 8. The highest BCUT2D eigenvalue weighted by Gasteiger charge is 2.42. The van der Waals surface area contributed by atoms with Gasteiger partial charge < -0.3 is 35.9 Å². The van der Waals surface area contributed by atoms with Crippen LogP contribution in [0.5, 0.6) is 0 Å². The summed E-state index contributed by atoms with van der Waals surface area (Å²) < 4.78 is 16.0. The number of hydrogen-bond donors (Lipinski definition) is 4. The first kappa shape index (κ1) is 30.6. The van der Waals surface area contributed by atoms with Crippen molar-refractivity contribution in [2.45, 2.75) is 96.4 Å². The van der Waals surface area contributed by atoms with Crippen LogP contribution in [0, 0.1) is 0 Å². The first-order valence-electron chi connectivity index (χ1n) is 12.5. The molecular weight excluding hydrogens is 496 g/mol. The van der Waals surface area contributed by atoms with Gasteiger partial charge in [0.1, 0.15) is 30.4 Å². The van der Waals surface area contributed by atoms with Crippen LogP contribution in [0.25, 0.3) is 0 Å². The molecule has 1 aromatic rings. The average molecular weight is 535 g/mol. The molecule has 210 valence electrons. The van der Waals surface area contributed by atoms with E-state index in [1.54, 1.807) is 20.8 Å². The Bertz CT molecular complexity index is 995. The molecule has 0 spiro atoms. The van der Waals surface area contributed by atoms with Gasteiger partial charge in [0.25, 0.3) is 0 Å². The SMILES string of the molecule is C[C@H](NC(=O)[C@H](C)O[C@@H]1C[C@H]1NC(=O)OC(C)(C)C)C(=O)NC(CCC(=O)OCc1ccccc1)C(N)=O. The molecule has 0 bridgehead atoms. The van der Waals surface area contributed by atoms with Gasteiger partial charge in [-0.15, -0.1) is 0 Å². The van der Waals surface area contributed by atoms with Gasteiger partial charge >= 0.3 is 12.1 Å². The van der Waals surface area contributed by atoms with Gasteiger partial charge in [0.2, 0.25) is 17.7 Å². The predicted octanol–water partition coefficient (Wildman–Crippen LogP) is 1.06. The molecular formula is C26H38N4O8. The number of alkyl carbamates (subject to hydrolysis) is 1. The van der Waals surface area contributed by atoms with Crippen LogP contribution in [0.1, 0.15) is 59.4 Å². The number of primary amides is 1. The second-order valence-corrected chi connectivity index (χ2v) is 10.2. The summed E-state index contributed by atoms with van der Waals surface area (Å²) in [4.78, 5) is 60.7. The Kier molecular flexibility index (Phi) is 11.1. The highest BCUT2D eigenvalue weighted by Crippen LogP contribution is 2.27. The molecule has 1 unspecified atom stereocenters. The highest BCUT2D eigenvalue weighted by atomic mass is 16.6. The summed E-state index contributed by atoms with van der Waals surface area (Å²) in [5, 5.41) is 7.64. The molecule has 5 N–H and O–H groups in total. The van der Waals surface area contributed by atoms with Crippen LogP contribution in [0.15, 0.2) is 30.3 Å². The quantitative estimate of drug-likeness (QED) is 0.272. The Hall–Kier alpha value is -3.67. The highest BCUT2D eigenvalue weighted by molar-refractivity contribution is 5.92. The minimum absolute atomic E-state index is 0.0530. The minimum atomic E-state index is -1.12. The number of carbonyl (C=O) groups is 5. The van der Waals surface area contributed by atoms with E-state index in [-0.39, 0.29) is 31.6 Å². The Morgan fingerprint density at radius 2 is 1.68 bits per heavy atom. The lowest BCUT2D eigenvalue weighted by atomic mass is 10.1. The van der Waals surface area contributed by atoms with Crippen LogP contribution < -0.4 is 21.7 Å². The Labute approximate surface area is 222 Å². The molecule has 0 aliphatic heterocycles. The maximum Gasteiger partial charge on any atom is 0.407 e. The molecule has 0 radical (unpaired) electrons. The van der Waals surface area contributed by atoms with Crippen molar-refractivity contribution in [3.63, 3.8) is 0 Å². The number of rotatable bonds is 13. The molecule has 12 heteroatoms. The Balaban J connectivity index is 1.72. The second-order valence-electron chi connectivity index (χ2n) is 10.2.